The Morgan fingerprint density at radius 3 is 2.27 bits per heavy atom. The fourth-order valence-electron chi connectivity index (χ4n) is 2.61. The lowest BCUT2D eigenvalue weighted by atomic mass is 10.0. The standard InChI is InChI=1S/C18H16FNO2/c1-12-17(13-3-5-14(19)6-4-13)11-20(18(12)21)15-7-9-16(22-2)10-8-15/h3-10H,11H2,1-2H3. The molecule has 1 aliphatic heterocycles. The Kier molecular flexibility index (Phi) is 3.67. The van der Waals surface area contributed by atoms with E-state index in [1.54, 1.807) is 24.1 Å². The van der Waals surface area contributed by atoms with Crippen molar-refractivity contribution in [3.63, 3.8) is 0 Å². The maximum Gasteiger partial charge on any atom is 0.254 e. The van der Waals surface area contributed by atoms with E-state index in [4.69, 9.17) is 4.74 Å². The Morgan fingerprint density at radius 1 is 1.05 bits per heavy atom. The highest BCUT2D eigenvalue weighted by Crippen LogP contribution is 2.32. The number of carbonyl (C=O) groups is 1. The van der Waals surface area contributed by atoms with Gasteiger partial charge >= 0.3 is 0 Å². The van der Waals surface area contributed by atoms with Crippen molar-refractivity contribution in [3.05, 3.63) is 65.5 Å². The van der Waals surface area contributed by atoms with Crippen LogP contribution in [0.4, 0.5) is 10.1 Å². The number of halogens is 1. The lowest BCUT2D eigenvalue weighted by molar-refractivity contribution is -0.114. The van der Waals surface area contributed by atoms with E-state index in [-0.39, 0.29) is 11.7 Å². The highest BCUT2D eigenvalue weighted by molar-refractivity contribution is 6.15. The molecule has 22 heavy (non-hydrogen) atoms. The van der Waals surface area contributed by atoms with E-state index in [9.17, 15) is 9.18 Å². The first kappa shape index (κ1) is 14.3. The molecule has 112 valence electrons. The first-order valence-electron chi connectivity index (χ1n) is 7.02. The molecule has 0 unspecified atom stereocenters. The molecule has 0 saturated carbocycles. The van der Waals surface area contributed by atoms with Gasteiger partial charge in [-0.05, 0) is 54.5 Å². The lowest BCUT2D eigenvalue weighted by Crippen LogP contribution is -2.26. The van der Waals surface area contributed by atoms with Gasteiger partial charge in [0.25, 0.3) is 5.91 Å². The van der Waals surface area contributed by atoms with Gasteiger partial charge in [0.15, 0.2) is 0 Å². The highest BCUT2D eigenvalue weighted by atomic mass is 19.1. The summed E-state index contributed by atoms with van der Waals surface area (Å²) in [5.74, 6) is 0.446. The van der Waals surface area contributed by atoms with E-state index in [0.717, 1.165) is 22.6 Å². The maximum absolute atomic E-state index is 13.1. The number of rotatable bonds is 3. The van der Waals surface area contributed by atoms with Crippen molar-refractivity contribution >= 4 is 17.2 Å². The second-order valence-corrected chi connectivity index (χ2v) is 5.20. The Hall–Kier alpha value is -2.62. The summed E-state index contributed by atoms with van der Waals surface area (Å²) in [4.78, 5) is 14.2. The molecule has 2 aromatic rings. The minimum atomic E-state index is -0.279. The molecule has 1 amide bonds. The average molecular weight is 297 g/mol. The fraction of sp³-hybridized carbons (Fsp3) is 0.167. The number of benzene rings is 2. The van der Waals surface area contributed by atoms with E-state index in [0.29, 0.717) is 12.1 Å². The first-order valence-corrected chi connectivity index (χ1v) is 7.02. The van der Waals surface area contributed by atoms with Crippen LogP contribution in [0.1, 0.15) is 12.5 Å². The highest BCUT2D eigenvalue weighted by Gasteiger charge is 2.29. The Morgan fingerprint density at radius 2 is 1.68 bits per heavy atom. The molecule has 4 heteroatoms. The van der Waals surface area contributed by atoms with Gasteiger partial charge in [-0.1, -0.05) is 12.1 Å². The summed E-state index contributed by atoms with van der Waals surface area (Å²) in [6, 6.07) is 13.6. The molecule has 0 aliphatic carbocycles. The number of hydrogen-bond donors (Lipinski definition) is 0. The van der Waals surface area contributed by atoms with E-state index >= 15 is 0 Å². The van der Waals surface area contributed by atoms with Crippen molar-refractivity contribution in [2.75, 3.05) is 18.6 Å². The molecule has 0 bridgehead atoms. The molecule has 0 spiro atoms. The van der Waals surface area contributed by atoms with Crippen molar-refractivity contribution in [1.82, 2.24) is 0 Å². The van der Waals surface area contributed by atoms with Gasteiger partial charge in [0.2, 0.25) is 0 Å². The lowest BCUT2D eigenvalue weighted by Gasteiger charge is -2.17. The predicted octanol–water partition coefficient (Wildman–Crippen LogP) is 3.65. The van der Waals surface area contributed by atoms with Gasteiger partial charge in [-0.25, -0.2) is 4.39 Å². The van der Waals surface area contributed by atoms with Crippen molar-refractivity contribution in [2.24, 2.45) is 0 Å². The van der Waals surface area contributed by atoms with Crippen molar-refractivity contribution < 1.29 is 13.9 Å². The van der Waals surface area contributed by atoms with Crippen LogP contribution >= 0.6 is 0 Å². The molecule has 2 aromatic carbocycles. The molecule has 0 N–H and O–H groups in total. The van der Waals surface area contributed by atoms with Gasteiger partial charge in [0.05, 0.1) is 13.7 Å². The number of hydrogen-bond acceptors (Lipinski definition) is 2. The topological polar surface area (TPSA) is 29.5 Å². The van der Waals surface area contributed by atoms with E-state index in [2.05, 4.69) is 0 Å². The van der Waals surface area contributed by atoms with Gasteiger partial charge in [0, 0.05) is 11.3 Å². The Bertz CT molecular complexity index is 733. The number of carbonyl (C=O) groups excluding carboxylic acids is 1. The summed E-state index contributed by atoms with van der Waals surface area (Å²) in [6.45, 7) is 2.30. The van der Waals surface area contributed by atoms with Gasteiger partial charge in [-0.2, -0.15) is 0 Å². The monoisotopic (exact) mass is 297 g/mol. The van der Waals surface area contributed by atoms with Gasteiger partial charge in [0.1, 0.15) is 11.6 Å². The third kappa shape index (κ3) is 2.48. The van der Waals surface area contributed by atoms with Crippen LogP contribution in [0.3, 0.4) is 0 Å². The predicted molar refractivity (Wildman–Crippen MR) is 84.3 cm³/mol. The van der Waals surface area contributed by atoms with Gasteiger partial charge in [-0.15, -0.1) is 0 Å². The van der Waals surface area contributed by atoms with Crippen LogP contribution in [0.5, 0.6) is 5.75 Å². The van der Waals surface area contributed by atoms with Crippen LogP contribution in [0.25, 0.3) is 5.57 Å². The minimum absolute atomic E-state index is 0.0236. The number of methoxy groups -OCH3 is 1. The second-order valence-electron chi connectivity index (χ2n) is 5.20. The zero-order valence-electron chi connectivity index (χ0n) is 12.5. The summed E-state index contributed by atoms with van der Waals surface area (Å²) in [5.41, 5.74) is 3.33. The minimum Gasteiger partial charge on any atom is -0.497 e. The summed E-state index contributed by atoms with van der Waals surface area (Å²) in [6.07, 6.45) is 0. The molecule has 0 fully saturated rings. The van der Waals surface area contributed by atoms with Crippen LogP contribution in [-0.4, -0.2) is 19.6 Å². The fourth-order valence-corrected chi connectivity index (χ4v) is 2.61. The molecule has 1 aliphatic rings. The zero-order chi connectivity index (χ0) is 15.7. The van der Waals surface area contributed by atoms with Crippen LogP contribution < -0.4 is 9.64 Å². The summed E-state index contributed by atoms with van der Waals surface area (Å²) in [7, 11) is 1.61. The van der Waals surface area contributed by atoms with E-state index in [1.807, 2.05) is 31.2 Å². The van der Waals surface area contributed by atoms with Crippen LogP contribution in [0, 0.1) is 5.82 Å². The summed E-state index contributed by atoms with van der Waals surface area (Å²) >= 11 is 0. The number of ether oxygens (including phenoxy) is 1. The Labute approximate surface area is 128 Å². The van der Waals surface area contributed by atoms with Crippen molar-refractivity contribution in [3.8, 4) is 5.75 Å². The molecule has 0 atom stereocenters. The molecule has 0 radical (unpaired) electrons. The molecule has 3 nitrogen and oxygen atoms in total. The van der Waals surface area contributed by atoms with Crippen molar-refractivity contribution in [2.45, 2.75) is 6.92 Å². The van der Waals surface area contributed by atoms with E-state index in [1.165, 1.54) is 12.1 Å². The average Bonchev–Trinajstić information content (AvgIpc) is 2.84. The molecule has 0 saturated heterocycles. The first-order chi connectivity index (χ1) is 10.6. The number of amides is 1. The van der Waals surface area contributed by atoms with Gasteiger partial charge in [-0.3, -0.25) is 4.79 Å². The number of anilines is 1. The molecule has 3 rings (SSSR count). The summed E-state index contributed by atoms with van der Waals surface area (Å²) < 4.78 is 18.2. The zero-order valence-corrected chi connectivity index (χ0v) is 12.5. The second kappa shape index (κ2) is 5.64. The molecule has 1 heterocycles. The quantitative estimate of drug-likeness (QED) is 0.865. The van der Waals surface area contributed by atoms with Gasteiger partial charge < -0.3 is 9.64 Å². The number of nitrogens with zero attached hydrogens (tertiary/aromatic N) is 1. The molecular formula is C18H16FNO2. The third-order valence-electron chi connectivity index (χ3n) is 3.91. The third-order valence-corrected chi connectivity index (χ3v) is 3.91. The summed E-state index contributed by atoms with van der Waals surface area (Å²) in [5, 5.41) is 0. The van der Waals surface area contributed by atoms with Crippen LogP contribution in [0.2, 0.25) is 0 Å². The Balaban J connectivity index is 1.89. The SMILES string of the molecule is COc1ccc(N2CC(c3ccc(F)cc3)=C(C)C2=O)cc1. The van der Waals surface area contributed by atoms with Crippen LogP contribution in [-0.2, 0) is 4.79 Å². The van der Waals surface area contributed by atoms with Crippen molar-refractivity contribution in [1.29, 1.82) is 0 Å². The van der Waals surface area contributed by atoms with Crippen LogP contribution in [0.15, 0.2) is 54.1 Å². The largest absolute Gasteiger partial charge is 0.497 e. The molecule has 0 aromatic heterocycles. The van der Waals surface area contributed by atoms with E-state index < -0.39 is 0 Å². The maximum atomic E-state index is 13.1. The normalized spacial score (nSPS) is 14.7. The smallest absolute Gasteiger partial charge is 0.254 e. The molecular weight excluding hydrogens is 281 g/mol.